The molecule has 3 N–H and O–H groups in total. The molecule has 5 rings (SSSR count). The summed E-state index contributed by atoms with van der Waals surface area (Å²) in [6, 6.07) is 3.65. The quantitative estimate of drug-likeness (QED) is 0.391. The standard InChI is InChI=1S/C18H17N7OS2/c19-25-15(10-5-7-20-8-6-10)23-24-18(25)27-9-13-21-16(26)14-11-3-1-2-4-12(11)28-17(14)22-13/h5-8H,1-4,9,19H2,(H,21,22,26). The largest absolute Gasteiger partial charge is 0.335 e. The SMILES string of the molecule is Nn1c(SCc2nc3sc4c(c3c(=O)[nH]2)CCCC4)nnc1-c1ccncc1. The van der Waals surface area contributed by atoms with E-state index in [4.69, 9.17) is 5.84 Å². The van der Waals surface area contributed by atoms with Gasteiger partial charge in [-0.2, -0.15) is 0 Å². The molecule has 0 aromatic carbocycles. The highest BCUT2D eigenvalue weighted by molar-refractivity contribution is 7.98. The number of nitrogens with one attached hydrogen (secondary N) is 1. The molecular formula is C18H17N7OS2. The van der Waals surface area contributed by atoms with E-state index in [2.05, 4.69) is 25.1 Å². The van der Waals surface area contributed by atoms with E-state index >= 15 is 0 Å². The van der Waals surface area contributed by atoms with Crippen molar-refractivity contribution in [1.29, 1.82) is 0 Å². The Kier molecular flexibility index (Phi) is 4.36. The average molecular weight is 412 g/mol. The topological polar surface area (TPSA) is 115 Å². The fraction of sp³-hybridized carbons (Fsp3) is 0.278. The van der Waals surface area contributed by atoms with Crippen LogP contribution in [-0.4, -0.2) is 29.8 Å². The maximum absolute atomic E-state index is 12.6. The second kappa shape index (κ2) is 7.02. The molecule has 0 saturated carbocycles. The predicted octanol–water partition coefficient (Wildman–Crippen LogP) is 2.52. The second-order valence-electron chi connectivity index (χ2n) is 6.60. The highest BCUT2D eigenvalue weighted by atomic mass is 32.2. The molecule has 1 aliphatic carbocycles. The monoisotopic (exact) mass is 411 g/mol. The van der Waals surface area contributed by atoms with Crippen LogP contribution in [0.1, 0.15) is 29.1 Å². The van der Waals surface area contributed by atoms with Crippen LogP contribution in [0, 0.1) is 0 Å². The number of aryl methyl sites for hydroxylation is 2. The van der Waals surface area contributed by atoms with E-state index in [1.165, 1.54) is 33.3 Å². The van der Waals surface area contributed by atoms with Crippen LogP contribution in [0.3, 0.4) is 0 Å². The van der Waals surface area contributed by atoms with Crippen molar-refractivity contribution in [2.24, 2.45) is 0 Å². The molecule has 0 bridgehead atoms. The Labute approximate surface area is 168 Å². The van der Waals surface area contributed by atoms with Gasteiger partial charge in [0, 0.05) is 22.8 Å². The number of hydrogen-bond acceptors (Lipinski definition) is 8. The van der Waals surface area contributed by atoms with Crippen LogP contribution in [0.2, 0.25) is 0 Å². The average Bonchev–Trinajstić information content (AvgIpc) is 3.27. The summed E-state index contributed by atoms with van der Waals surface area (Å²) in [6.45, 7) is 0. The summed E-state index contributed by atoms with van der Waals surface area (Å²) in [5, 5.41) is 9.65. The van der Waals surface area contributed by atoms with Gasteiger partial charge < -0.3 is 10.8 Å². The zero-order valence-corrected chi connectivity index (χ0v) is 16.5. The lowest BCUT2D eigenvalue weighted by Gasteiger charge is -2.09. The lowest BCUT2D eigenvalue weighted by atomic mass is 9.97. The molecular weight excluding hydrogens is 394 g/mol. The van der Waals surface area contributed by atoms with Gasteiger partial charge in [-0.3, -0.25) is 9.78 Å². The number of hydrogen-bond donors (Lipinski definition) is 2. The number of fused-ring (bicyclic) bond motifs is 3. The fourth-order valence-electron chi connectivity index (χ4n) is 3.48. The highest BCUT2D eigenvalue weighted by Crippen LogP contribution is 2.33. The first kappa shape index (κ1) is 17.4. The van der Waals surface area contributed by atoms with Crippen molar-refractivity contribution in [2.75, 3.05) is 5.84 Å². The Morgan fingerprint density at radius 3 is 2.89 bits per heavy atom. The van der Waals surface area contributed by atoms with Gasteiger partial charge in [0.25, 0.3) is 5.56 Å². The van der Waals surface area contributed by atoms with Gasteiger partial charge in [0.15, 0.2) is 5.82 Å². The van der Waals surface area contributed by atoms with Crippen molar-refractivity contribution >= 4 is 33.3 Å². The first-order valence-electron chi connectivity index (χ1n) is 8.98. The molecule has 0 fully saturated rings. The minimum absolute atomic E-state index is 0.0494. The van der Waals surface area contributed by atoms with Crippen LogP contribution in [0.4, 0.5) is 0 Å². The van der Waals surface area contributed by atoms with Crippen LogP contribution >= 0.6 is 23.1 Å². The van der Waals surface area contributed by atoms with E-state index < -0.39 is 0 Å². The fourth-order valence-corrected chi connectivity index (χ4v) is 5.49. The first-order valence-corrected chi connectivity index (χ1v) is 10.8. The van der Waals surface area contributed by atoms with Crippen LogP contribution in [0.5, 0.6) is 0 Å². The van der Waals surface area contributed by atoms with Crippen LogP contribution < -0.4 is 11.4 Å². The minimum Gasteiger partial charge on any atom is -0.335 e. The number of nitrogens with zero attached hydrogens (tertiary/aromatic N) is 5. The van der Waals surface area contributed by atoms with Gasteiger partial charge in [-0.25, -0.2) is 9.66 Å². The third kappa shape index (κ3) is 2.98. The molecule has 0 spiro atoms. The number of pyridine rings is 1. The highest BCUT2D eigenvalue weighted by Gasteiger charge is 2.20. The summed E-state index contributed by atoms with van der Waals surface area (Å²) >= 11 is 3.04. The number of aromatic nitrogens is 6. The molecule has 0 amide bonds. The van der Waals surface area contributed by atoms with Gasteiger partial charge >= 0.3 is 0 Å². The first-order chi connectivity index (χ1) is 13.7. The Morgan fingerprint density at radius 2 is 2.04 bits per heavy atom. The zero-order chi connectivity index (χ0) is 19.1. The maximum atomic E-state index is 12.6. The molecule has 1 aliphatic rings. The molecule has 4 aromatic heterocycles. The molecule has 4 heterocycles. The number of aromatic amines is 1. The molecule has 142 valence electrons. The summed E-state index contributed by atoms with van der Waals surface area (Å²) < 4.78 is 1.44. The summed E-state index contributed by atoms with van der Waals surface area (Å²) in [6.07, 6.45) is 7.72. The van der Waals surface area contributed by atoms with Gasteiger partial charge in [-0.15, -0.1) is 21.5 Å². The Bertz CT molecular complexity index is 1210. The normalized spacial score (nSPS) is 13.7. The predicted molar refractivity (Wildman–Crippen MR) is 110 cm³/mol. The Hall–Kier alpha value is -2.72. The van der Waals surface area contributed by atoms with Gasteiger partial charge in [-0.05, 0) is 43.4 Å². The Balaban J connectivity index is 1.41. The third-order valence-corrected chi connectivity index (χ3v) is 6.96. The lowest BCUT2D eigenvalue weighted by Crippen LogP contribution is -2.13. The van der Waals surface area contributed by atoms with Crippen LogP contribution in [-0.2, 0) is 18.6 Å². The van der Waals surface area contributed by atoms with Gasteiger partial charge in [-0.1, -0.05) is 11.8 Å². The summed E-state index contributed by atoms with van der Waals surface area (Å²) in [5.41, 5.74) is 1.99. The third-order valence-electron chi connectivity index (χ3n) is 4.82. The summed E-state index contributed by atoms with van der Waals surface area (Å²) in [4.78, 5) is 26.4. The molecule has 8 nitrogen and oxygen atoms in total. The summed E-state index contributed by atoms with van der Waals surface area (Å²) in [7, 11) is 0. The van der Waals surface area contributed by atoms with E-state index in [1.807, 2.05) is 12.1 Å². The minimum atomic E-state index is -0.0494. The van der Waals surface area contributed by atoms with Crippen LogP contribution in [0.15, 0.2) is 34.5 Å². The number of thiophene rings is 1. The molecule has 0 aliphatic heterocycles. The van der Waals surface area contributed by atoms with E-state index in [1.54, 1.807) is 23.7 Å². The van der Waals surface area contributed by atoms with E-state index in [9.17, 15) is 4.79 Å². The lowest BCUT2D eigenvalue weighted by molar-refractivity contribution is 0.700. The Morgan fingerprint density at radius 1 is 1.21 bits per heavy atom. The van der Waals surface area contributed by atoms with E-state index in [-0.39, 0.29) is 5.56 Å². The molecule has 4 aromatic rings. The van der Waals surface area contributed by atoms with Gasteiger partial charge in [0.2, 0.25) is 5.16 Å². The van der Waals surface area contributed by atoms with Crippen molar-refractivity contribution < 1.29 is 0 Å². The zero-order valence-electron chi connectivity index (χ0n) is 14.9. The van der Waals surface area contributed by atoms with Crippen molar-refractivity contribution in [3.8, 4) is 11.4 Å². The molecule has 0 atom stereocenters. The number of H-pyrrole nitrogens is 1. The van der Waals surface area contributed by atoms with E-state index in [0.29, 0.717) is 22.6 Å². The van der Waals surface area contributed by atoms with Crippen molar-refractivity contribution in [3.05, 3.63) is 51.1 Å². The van der Waals surface area contributed by atoms with Crippen molar-refractivity contribution in [2.45, 2.75) is 36.6 Å². The number of nitrogen functional groups attached to an aromatic ring is 1. The van der Waals surface area contributed by atoms with Gasteiger partial charge in [0.05, 0.1) is 11.1 Å². The molecule has 0 unspecified atom stereocenters. The maximum Gasteiger partial charge on any atom is 0.259 e. The molecule has 28 heavy (non-hydrogen) atoms. The van der Waals surface area contributed by atoms with Crippen molar-refractivity contribution in [1.82, 2.24) is 29.8 Å². The number of thioether (sulfide) groups is 1. The molecule has 0 saturated heterocycles. The number of rotatable bonds is 4. The smallest absolute Gasteiger partial charge is 0.259 e. The van der Waals surface area contributed by atoms with Crippen LogP contribution in [0.25, 0.3) is 21.6 Å². The molecule has 0 radical (unpaired) electrons. The summed E-state index contributed by atoms with van der Waals surface area (Å²) in [5.74, 6) is 7.79. The number of nitrogens with two attached hydrogens (primary N) is 1. The molecule has 10 heteroatoms. The van der Waals surface area contributed by atoms with Crippen molar-refractivity contribution in [3.63, 3.8) is 0 Å². The van der Waals surface area contributed by atoms with E-state index in [0.717, 1.165) is 35.0 Å². The second-order valence-corrected chi connectivity index (χ2v) is 8.63. The van der Waals surface area contributed by atoms with Gasteiger partial charge in [0.1, 0.15) is 10.7 Å².